The predicted molar refractivity (Wildman–Crippen MR) is 68.6 cm³/mol. The van der Waals surface area contributed by atoms with E-state index < -0.39 is 12.6 Å². The van der Waals surface area contributed by atoms with Gasteiger partial charge in [-0.2, -0.15) is 8.78 Å². The largest absolute Gasteiger partial charge is 0.481 e. The van der Waals surface area contributed by atoms with Crippen LogP contribution in [0.5, 0.6) is 5.75 Å². The fourth-order valence-corrected chi connectivity index (χ4v) is 2.24. The summed E-state index contributed by atoms with van der Waals surface area (Å²) in [4.78, 5) is 14.6. The van der Waals surface area contributed by atoms with Crippen LogP contribution in [0.1, 0.15) is 0 Å². The van der Waals surface area contributed by atoms with Crippen LogP contribution >= 0.6 is 11.8 Å². The van der Waals surface area contributed by atoms with Crippen molar-refractivity contribution < 1.29 is 23.4 Å². The van der Waals surface area contributed by atoms with Crippen LogP contribution < -0.4 is 4.74 Å². The Morgan fingerprint density at radius 3 is 2.90 bits per heavy atom. The first-order valence-corrected chi connectivity index (χ1v) is 6.48. The lowest BCUT2D eigenvalue weighted by atomic mass is 10.3. The quantitative estimate of drug-likeness (QED) is 0.831. The molecule has 0 aliphatic heterocycles. The molecule has 1 aromatic carbocycles. The molecule has 0 aliphatic rings. The number of hydrogen-bond donors (Lipinski definition) is 1. The number of imidazole rings is 1. The van der Waals surface area contributed by atoms with E-state index in [-0.39, 0.29) is 11.5 Å². The van der Waals surface area contributed by atoms with Gasteiger partial charge in [-0.3, -0.25) is 9.36 Å². The number of aliphatic carboxylic acids is 1. The molecule has 1 aromatic heterocycles. The molecule has 0 aliphatic carbocycles. The van der Waals surface area contributed by atoms with Gasteiger partial charge in [-0.1, -0.05) is 23.9 Å². The molecule has 0 spiro atoms. The second-order valence-corrected chi connectivity index (χ2v) is 4.55. The Balaban J connectivity index is 2.32. The van der Waals surface area contributed by atoms with E-state index >= 15 is 0 Å². The smallest absolute Gasteiger partial charge is 0.387 e. The van der Waals surface area contributed by atoms with Crippen molar-refractivity contribution in [2.75, 3.05) is 5.75 Å². The van der Waals surface area contributed by atoms with Gasteiger partial charge in [-0.05, 0) is 12.1 Å². The molecule has 0 saturated heterocycles. The van der Waals surface area contributed by atoms with Crippen molar-refractivity contribution in [1.29, 1.82) is 0 Å². The molecular weight excluding hydrogens is 290 g/mol. The van der Waals surface area contributed by atoms with Gasteiger partial charge in [0.2, 0.25) is 0 Å². The van der Waals surface area contributed by atoms with Crippen molar-refractivity contribution in [2.45, 2.75) is 11.8 Å². The topological polar surface area (TPSA) is 64.3 Å². The zero-order chi connectivity index (χ0) is 14.5. The number of thioether (sulfide) groups is 1. The number of alkyl halides is 2. The van der Waals surface area contributed by atoms with Crippen LogP contribution in [0.3, 0.4) is 0 Å². The summed E-state index contributed by atoms with van der Waals surface area (Å²) < 4.78 is 30.7. The average Bonchev–Trinajstić information content (AvgIpc) is 2.84. The molecule has 2 aromatic rings. The zero-order valence-corrected chi connectivity index (χ0v) is 10.9. The molecule has 0 radical (unpaired) electrons. The first-order chi connectivity index (χ1) is 9.58. The maximum Gasteiger partial charge on any atom is 0.387 e. The van der Waals surface area contributed by atoms with Gasteiger partial charge in [0.15, 0.2) is 5.16 Å². The first kappa shape index (κ1) is 14.3. The number of benzene rings is 1. The molecular formula is C12H10F2N2O3S. The van der Waals surface area contributed by atoms with Gasteiger partial charge in [0.1, 0.15) is 5.75 Å². The van der Waals surface area contributed by atoms with E-state index in [4.69, 9.17) is 5.11 Å². The molecule has 0 atom stereocenters. The van der Waals surface area contributed by atoms with E-state index in [9.17, 15) is 13.6 Å². The number of para-hydroxylation sites is 2. The molecule has 1 N–H and O–H groups in total. The van der Waals surface area contributed by atoms with Crippen molar-refractivity contribution in [3.05, 3.63) is 36.7 Å². The standard InChI is InChI=1S/C12H10F2N2O3S/c13-11(14)19-9-4-2-1-3-8(9)16-6-5-15-12(16)20-7-10(17)18/h1-6,11H,7H2,(H,17,18). The monoisotopic (exact) mass is 300 g/mol. The molecule has 20 heavy (non-hydrogen) atoms. The molecule has 0 bridgehead atoms. The van der Waals surface area contributed by atoms with Gasteiger partial charge < -0.3 is 9.84 Å². The third-order valence-electron chi connectivity index (χ3n) is 2.27. The highest BCUT2D eigenvalue weighted by Crippen LogP contribution is 2.28. The van der Waals surface area contributed by atoms with Gasteiger partial charge in [0.05, 0.1) is 11.4 Å². The predicted octanol–water partition coefficient (Wildman–Crippen LogP) is 2.65. The van der Waals surface area contributed by atoms with Crippen molar-refractivity contribution >= 4 is 17.7 Å². The Hall–Kier alpha value is -2.09. The molecule has 5 nitrogen and oxygen atoms in total. The number of hydrogen-bond acceptors (Lipinski definition) is 4. The maximum atomic E-state index is 12.4. The van der Waals surface area contributed by atoms with Gasteiger partial charge in [0, 0.05) is 12.4 Å². The van der Waals surface area contributed by atoms with Crippen LogP contribution in [0.4, 0.5) is 8.78 Å². The third kappa shape index (κ3) is 3.47. The number of carboxylic acid groups (broad SMARTS) is 1. The van der Waals surface area contributed by atoms with E-state index in [1.165, 1.54) is 16.8 Å². The SMILES string of the molecule is O=C(O)CSc1nccn1-c1ccccc1OC(F)F. The van der Waals surface area contributed by atoms with Crippen LogP contribution in [0.15, 0.2) is 41.8 Å². The summed E-state index contributed by atoms with van der Waals surface area (Å²) in [6.45, 7) is -2.94. The minimum absolute atomic E-state index is 0.00215. The normalized spacial score (nSPS) is 10.8. The number of halogens is 2. The summed E-state index contributed by atoms with van der Waals surface area (Å²) in [6, 6.07) is 6.23. The van der Waals surface area contributed by atoms with Crippen LogP contribution in [-0.2, 0) is 4.79 Å². The molecule has 2 rings (SSSR count). The minimum atomic E-state index is -2.94. The second-order valence-electron chi connectivity index (χ2n) is 3.61. The van der Waals surface area contributed by atoms with E-state index in [2.05, 4.69) is 9.72 Å². The van der Waals surface area contributed by atoms with Gasteiger partial charge in [-0.15, -0.1) is 0 Å². The summed E-state index contributed by atoms with van der Waals surface area (Å²) in [5.41, 5.74) is 0.373. The highest BCUT2D eigenvalue weighted by Gasteiger charge is 2.14. The highest BCUT2D eigenvalue weighted by molar-refractivity contribution is 7.99. The lowest BCUT2D eigenvalue weighted by Crippen LogP contribution is -2.06. The van der Waals surface area contributed by atoms with E-state index in [1.54, 1.807) is 24.4 Å². The molecule has 0 unspecified atom stereocenters. The summed E-state index contributed by atoms with van der Waals surface area (Å²) in [7, 11) is 0. The Labute approximate surface area is 117 Å². The number of nitrogens with zero attached hydrogens (tertiary/aromatic N) is 2. The number of ether oxygens (including phenoxy) is 1. The van der Waals surface area contributed by atoms with Crippen molar-refractivity contribution in [1.82, 2.24) is 9.55 Å². The number of rotatable bonds is 6. The first-order valence-electron chi connectivity index (χ1n) is 5.50. The average molecular weight is 300 g/mol. The fraction of sp³-hybridized carbons (Fsp3) is 0.167. The summed E-state index contributed by atoms with van der Waals surface area (Å²) in [5, 5.41) is 9.05. The van der Waals surface area contributed by atoms with Crippen LogP contribution in [-0.4, -0.2) is 33.0 Å². The minimum Gasteiger partial charge on any atom is -0.481 e. The Morgan fingerprint density at radius 1 is 1.45 bits per heavy atom. The number of aromatic nitrogens is 2. The van der Waals surface area contributed by atoms with Gasteiger partial charge >= 0.3 is 12.6 Å². The molecule has 0 saturated carbocycles. The van der Waals surface area contributed by atoms with Crippen LogP contribution in [0, 0.1) is 0 Å². The fourth-order valence-electron chi connectivity index (χ4n) is 1.56. The molecule has 0 fully saturated rings. The van der Waals surface area contributed by atoms with E-state index in [1.807, 2.05) is 0 Å². The van der Waals surface area contributed by atoms with E-state index in [0.717, 1.165) is 11.8 Å². The van der Waals surface area contributed by atoms with Gasteiger partial charge in [0.25, 0.3) is 0 Å². The lowest BCUT2D eigenvalue weighted by Gasteiger charge is -2.12. The molecule has 0 amide bonds. The Kier molecular flexibility index (Phi) is 4.57. The van der Waals surface area contributed by atoms with Crippen molar-refractivity contribution in [3.8, 4) is 11.4 Å². The van der Waals surface area contributed by atoms with Crippen molar-refractivity contribution in [2.24, 2.45) is 0 Å². The second kappa shape index (κ2) is 6.38. The number of carboxylic acids is 1. The molecule has 8 heteroatoms. The summed E-state index contributed by atoms with van der Waals surface area (Å²) >= 11 is 0.993. The summed E-state index contributed by atoms with van der Waals surface area (Å²) in [6.07, 6.45) is 3.02. The third-order valence-corrected chi connectivity index (χ3v) is 3.22. The zero-order valence-electron chi connectivity index (χ0n) is 10.1. The van der Waals surface area contributed by atoms with Crippen LogP contribution in [0.2, 0.25) is 0 Å². The highest BCUT2D eigenvalue weighted by atomic mass is 32.2. The Bertz CT molecular complexity index is 604. The molecule has 106 valence electrons. The lowest BCUT2D eigenvalue weighted by molar-refractivity contribution is -0.133. The Morgan fingerprint density at radius 2 is 2.20 bits per heavy atom. The molecule has 1 heterocycles. The number of carbonyl (C=O) groups is 1. The van der Waals surface area contributed by atoms with Gasteiger partial charge in [-0.25, -0.2) is 4.98 Å². The van der Waals surface area contributed by atoms with Crippen molar-refractivity contribution in [3.63, 3.8) is 0 Å². The maximum absolute atomic E-state index is 12.4. The summed E-state index contributed by atoms with van der Waals surface area (Å²) in [5.74, 6) is -1.16. The van der Waals surface area contributed by atoms with E-state index in [0.29, 0.717) is 10.8 Å². The van der Waals surface area contributed by atoms with Crippen LogP contribution in [0.25, 0.3) is 5.69 Å².